The molecule has 0 aliphatic carbocycles. The van der Waals surface area contributed by atoms with Crippen LogP contribution < -0.4 is 26.7 Å². The van der Waals surface area contributed by atoms with Crippen LogP contribution in [0, 0.1) is 0 Å². The number of rotatable bonds is 10. The number of ether oxygens (including phenoxy) is 1. The van der Waals surface area contributed by atoms with E-state index in [1.165, 1.54) is 4.57 Å². The summed E-state index contributed by atoms with van der Waals surface area (Å²) in [7, 11) is 1.59. The zero-order valence-electron chi connectivity index (χ0n) is 20.9. The fraction of sp³-hybridized carbons (Fsp3) is 0.185. The normalized spacial score (nSPS) is 11.1. The number of hydrogen-bond acceptors (Lipinski definition) is 7. The summed E-state index contributed by atoms with van der Waals surface area (Å²) in [5.74, 6) is 1.49. The molecule has 0 aliphatic rings. The van der Waals surface area contributed by atoms with Gasteiger partial charge in [-0.25, -0.2) is 19.1 Å². The van der Waals surface area contributed by atoms with E-state index in [0.29, 0.717) is 40.4 Å². The van der Waals surface area contributed by atoms with Gasteiger partial charge in [-0.2, -0.15) is 4.98 Å². The minimum atomic E-state index is -0.676. The highest BCUT2D eigenvalue weighted by Crippen LogP contribution is 2.22. The highest BCUT2D eigenvalue weighted by atomic mass is 35.5. The van der Waals surface area contributed by atoms with Gasteiger partial charge in [0.2, 0.25) is 11.9 Å². The molecule has 0 atom stereocenters. The average molecular weight is 566 g/mol. The molecule has 5 aromatic rings. The smallest absolute Gasteiger partial charge is 0.355 e. The number of anilines is 2. The van der Waals surface area contributed by atoms with Crippen molar-refractivity contribution in [2.45, 2.75) is 13.1 Å². The van der Waals surface area contributed by atoms with E-state index in [2.05, 4.69) is 25.6 Å². The third kappa shape index (κ3) is 6.08. The summed E-state index contributed by atoms with van der Waals surface area (Å²) in [6.45, 7) is 1.03. The molecule has 3 N–H and O–H groups in total. The third-order valence-corrected chi connectivity index (χ3v) is 6.80. The monoisotopic (exact) mass is 565 g/mol. The quantitative estimate of drug-likeness (QED) is 0.217. The first-order chi connectivity index (χ1) is 18.9. The van der Waals surface area contributed by atoms with Gasteiger partial charge in [-0.15, -0.1) is 0 Å². The van der Waals surface area contributed by atoms with Gasteiger partial charge in [-0.1, -0.05) is 53.5 Å². The predicted octanol–water partition coefficient (Wildman–Crippen LogP) is 4.22. The number of fused-ring (bicyclic) bond motifs is 1. The molecule has 12 heteroatoms. The van der Waals surface area contributed by atoms with E-state index in [1.807, 2.05) is 48.5 Å². The van der Waals surface area contributed by atoms with Gasteiger partial charge >= 0.3 is 11.4 Å². The average Bonchev–Trinajstić information content (AvgIpc) is 3.36. The molecule has 200 valence electrons. The zero-order valence-corrected chi connectivity index (χ0v) is 22.5. The standard InChI is InChI=1S/C27H25Cl2N7O3/c1-39-19-9-6-17(7-10-19)15-35-25(31-13-12-30-24-32-22-4-2-3-5-23(22)33-24)34-26(37)36(27(35)38)16-18-8-11-20(28)21(29)14-18/h2-11,14H,12-13,15-16H2,1H3,(H2,30,32,33)(H,31,34,37). The highest BCUT2D eigenvalue weighted by molar-refractivity contribution is 6.42. The Morgan fingerprint density at radius 2 is 1.56 bits per heavy atom. The van der Waals surface area contributed by atoms with E-state index in [4.69, 9.17) is 27.9 Å². The minimum Gasteiger partial charge on any atom is -0.497 e. The molecule has 0 aliphatic heterocycles. The summed E-state index contributed by atoms with van der Waals surface area (Å²) in [5, 5.41) is 7.05. The Morgan fingerprint density at radius 3 is 2.31 bits per heavy atom. The fourth-order valence-electron chi connectivity index (χ4n) is 4.07. The topological polar surface area (TPSA) is 119 Å². The molecule has 0 amide bonds. The SMILES string of the molecule is COc1ccc(Cn2c(NCCNc3nc4ccccc4[nH]3)nc(=O)n(Cc3ccc(Cl)c(Cl)c3)c2=O)cc1. The van der Waals surface area contributed by atoms with Crippen LogP contribution in [-0.4, -0.2) is 44.3 Å². The van der Waals surface area contributed by atoms with Gasteiger partial charge in [0.25, 0.3) is 0 Å². The van der Waals surface area contributed by atoms with Crippen molar-refractivity contribution in [1.82, 2.24) is 24.1 Å². The van der Waals surface area contributed by atoms with Crippen LogP contribution in [0.4, 0.5) is 11.9 Å². The number of benzene rings is 3. The zero-order chi connectivity index (χ0) is 27.4. The van der Waals surface area contributed by atoms with Crippen molar-refractivity contribution in [3.8, 4) is 5.75 Å². The second-order valence-electron chi connectivity index (χ2n) is 8.73. The van der Waals surface area contributed by atoms with Gasteiger partial charge in [0.05, 0.1) is 41.3 Å². The first kappa shape index (κ1) is 26.3. The summed E-state index contributed by atoms with van der Waals surface area (Å²) in [4.78, 5) is 38.4. The van der Waals surface area contributed by atoms with Crippen LogP contribution in [0.5, 0.6) is 5.75 Å². The molecular weight excluding hydrogens is 541 g/mol. The Morgan fingerprint density at radius 1 is 0.846 bits per heavy atom. The number of para-hydroxylation sites is 2. The molecule has 39 heavy (non-hydrogen) atoms. The first-order valence-electron chi connectivity index (χ1n) is 12.1. The molecule has 0 radical (unpaired) electrons. The van der Waals surface area contributed by atoms with Gasteiger partial charge in [-0.3, -0.25) is 4.57 Å². The number of halogens is 2. The van der Waals surface area contributed by atoms with Gasteiger partial charge in [0, 0.05) is 13.1 Å². The molecule has 0 fully saturated rings. The molecule has 2 aromatic heterocycles. The lowest BCUT2D eigenvalue weighted by molar-refractivity contribution is 0.414. The number of H-pyrrole nitrogens is 1. The van der Waals surface area contributed by atoms with Gasteiger partial charge in [0.15, 0.2) is 0 Å². The molecule has 2 heterocycles. The summed E-state index contributed by atoms with van der Waals surface area (Å²) in [5.41, 5.74) is 2.08. The van der Waals surface area contributed by atoms with Crippen LogP contribution in [-0.2, 0) is 13.1 Å². The maximum absolute atomic E-state index is 13.6. The van der Waals surface area contributed by atoms with Crippen LogP contribution in [0.25, 0.3) is 11.0 Å². The Balaban J connectivity index is 1.39. The van der Waals surface area contributed by atoms with Gasteiger partial charge < -0.3 is 20.4 Å². The van der Waals surface area contributed by atoms with Crippen molar-refractivity contribution < 1.29 is 4.74 Å². The Bertz CT molecular complexity index is 1700. The van der Waals surface area contributed by atoms with Gasteiger partial charge in [-0.05, 0) is 47.5 Å². The number of aromatic amines is 1. The summed E-state index contributed by atoms with van der Waals surface area (Å²) >= 11 is 12.2. The number of hydrogen-bond donors (Lipinski definition) is 3. The Hall–Kier alpha value is -4.28. The van der Waals surface area contributed by atoms with Crippen LogP contribution in [0.15, 0.2) is 76.3 Å². The number of nitrogens with zero attached hydrogens (tertiary/aromatic N) is 4. The second kappa shape index (κ2) is 11.6. The van der Waals surface area contributed by atoms with Crippen LogP contribution in [0.3, 0.4) is 0 Å². The molecule has 0 unspecified atom stereocenters. The van der Waals surface area contributed by atoms with Crippen molar-refractivity contribution >= 4 is 46.1 Å². The molecular formula is C27H25Cl2N7O3. The largest absolute Gasteiger partial charge is 0.497 e. The number of imidazole rings is 1. The lowest BCUT2D eigenvalue weighted by atomic mass is 10.2. The number of methoxy groups -OCH3 is 1. The summed E-state index contributed by atoms with van der Waals surface area (Å²) < 4.78 is 7.74. The molecule has 0 saturated heterocycles. The number of aromatic nitrogens is 5. The lowest BCUT2D eigenvalue weighted by Gasteiger charge is -2.16. The van der Waals surface area contributed by atoms with E-state index in [9.17, 15) is 9.59 Å². The van der Waals surface area contributed by atoms with E-state index < -0.39 is 11.4 Å². The fourth-order valence-corrected chi connectivity index (χ4v) is 4.39. The van der Waals surface area contributed by atoms with Gasteiger partial charge in [0.1, 0.15) is 5.75 Å². The summed E-state index contributed by atoms with van der Waals surface area (Å²) in [6, 6.07) is 20.0. The predicted molar refractivity (Wildman–Crippen MR) is 153 cm³/mol. The summed E-state index contributed by atoms with van der Waals surface area (Å²) in [6.07, 6.45) is 0. The van der Waals surface area contributed by atoms with Crippen LogP contribution >= 0.6 is 23.2 Å². The molecule has 5 rings (SSSR count). The maximum Gasteiger partial charge on any atom is 0.355 e. The van der Waals surface area contributed by atoms with Crippen molar-refractivity contribution in [3.05, 3.63) is 109 Å². The molecule has 10 nitrogen and oxygen atoms in total. The van der Waals surface area contributed by atoms with Crippen LogP contribution in [0.1, 0.15) is 11.1 Å². The Labute approximate surface area is 233 Å². The third-order valence-electron chi connectivity index (χ3n) is 6.06. The minimum absolute atomic E-state index is 0.00193. The Kier molecular flexibility index (Phi) is 7.85. The number of nitrogens with one attached hydrogen (secondary N) is 3. The lowest BCUT2D eigenvalue weighted by Crippen LogP contribution is -2.43. The maximum atomic E-state index is 13.6. The first-order valence-corrected chi connectivity index (χ1v) is 12.9. The van der Waals surface area contributed by atoms with E-state index in [-0.39, 0.29) is 19.0 Å². The molecule has 0 bridgehead atoms. The van der Waals surface area contributed by atoms with E-state index in [0.717, 1.165) is 21.2 Å². The van der Waals surface area contributed by atoms with Crippen molar-refractivity contribution in [2.24, 2.45) is 0 Å². The van der Waals surface area contributed by atoms with Crippen LogP contribution in [0.2, 0.25) is 10.0 Å². The van der Waals surface area contributed by atoms with E-state index >= 15 is 0 Å². The van der Waals surface area contributed by atoms with E-state index in [1.54, 1.807) is 25.3 Å². The van der Waals surface area contributed by atoms with Crippen molar-refractivity contribution in [2.75, 3.05) is 30.8 Å². The van der Waals surface area contributed by atoms with Crippen molar-refractivity contribution in [1.29, 1.82) is 0 Å². The molecule has 0 spiro atoms. The second-order valence-corrected chi connectivity index (χ2v) is 9.54. The highest BCUT2D eigenvalue weighted by Gasteiger charge is 2.15. The van der Waals surface area contributed by atoms with Crippen molar-refractivity contribution in [3.63, 3.8) is 0 Å². The molecule has 0 saturated carbocycles. The molecule has 3 aromatic carbocycles.